The van der Waals surface area contributed by atoms with Crippen LogP contribution in [0.2, 0.25) is 0 Å². The van der Waals surface area contributed by atoms with Crippen molar-refractivity contribution < 1.29 is 0 Å². The largest absolute Gasteiger partial charge is 0.310 e. The molecule has 0 bridgehead atoms. The van der Waals surface area contributed by atoms with Crippen molar-refractivity contribution in [3.63, 3.8) is 0 Å². The Balaban J connectivity index is 2.45. The van der Waals surface area contributed by atoms with Crippen LogP contribution in [0.1, 0.15) is 33.1 Å². The summed E-state index contributed by atoms with van der Waals surface area (Å²) in [5.74, 6) is 0.419. The molecular weight excluding hydrogens is 146 g/mol. The lowest BCUT2D eigenvalue weighted by Gasteiger charge is -2.13. The molecule has 0 aromatic rings. The zero-order chi connectivity index (χ0) is 8.97. The zero-order valence-electron chi connectivity index (χ0n) is 7.93. The van der Waals surface area contributed by atoms with E-state index in [0.29, 0.717) is 5.92 Å². The molecule has 12 heavy (non-hydrogen) atoms. The molecule has 1 heteroatoms. The van der Waals surface area contributed by atoms with E-state index in [1.807, 2.05) is 6.92 Å². The van der Waals surface area contributed by atoms with Crippen molar-refractivity contribution in [2.75, 3.05) is 0 Å². The van der Waals surface area contributed by atoms with Crippen LogP contribution >= 0.6 is 0 Å². The summed E-state index contributed by atoms with van der Waals surface area (Å²) in [6.45, 7) is 4.02. The van der Waals surface area contributed by atoms with Crippen LogP contribution in [0, 0.1) is 11.3 Å². The molecule has 0 heterocycles. The number of hydrogen-bond acceptors (Lipinski definition) is 1. The van der Waals surface area contributed by atoms with Crippen molar-refractivity contribution in [2.24, 2.45) is 5.92 Å². The van der Waals surface area contributed by atoms with E-state index in [-0.39, 0.29) is 0 Å². The fourth-order valence-electron chi connectivity index (χ4n) is 1.37. The van der Waals surface area contributed by atoms with Crippen LogP contribution in [0.25, 0.3) is 0 Å². The van der Waals surface area contributed by atoms with E-state index in [1.54, 1.807) is 0 Å². The maximum absolute atomic E-state index is 7.47. The monoisotopic (exact) mass is 163 g/mol. The third-order valence-corrected chi connectivity index (χ3v) is 2.41. The van der Waals surface area contributed by atoms with Crippen LogP contribution in [0.3, 0.4) is 0 Å². The molecule has 0 radical (unpaired) electrons. The lowest BCUT2D eigenvalue weighted by molar-refractivity contribution is 0.715. The molecule has 0 spiro atoms. The SMILES string of the molecule is CC(=N)[C@@H](C)CC1=CC=CCC1. The Hall–Kier alpha value is -0.850. The average Bonchev–Trinajstić information content (AvgIpc) is 2.06. The summed E-state index contributed by atoms with van der Waals surface area (Å²) in [4.78, 5) is 0. The lowest BCUT2D eigenvalue weighted by Crippen LogP contribution is -2.06. The van der Waals surface area contributed by atoms with E-state index in [4.69, 9.17) is 5.41 Å². The van der Waals surface area contributed by atoms with Gasteiger partial charge in [0.05, 0.1) is 0 Å². The van der Waals surface area contributed by atoms with Gasteiger partial charge in [-0.15, -0.1) is 0 Å². The fraction of sp³-hybridized carbons (Fsp3) is 0.545. The molecule has 1 rings (SSSR count). The highest BCUT2D eigenvalue weighted by Crippen LogP contribution is 2.20. The minimum absolute atomic E-state index is 0.419. The van der Waals surface area contributed by atoms with Crippen LogP contribution < -0.4 is 0 Å². The van der Waals surface area contributed by atoms with Crippen LogP contribution in [0.15, 0.2) is 23.8 Å². The van der Waals surface area contributed by atoms with Crippen molar-refractivity contribution >= 4 is 5.71 Å². The Kier molecular flexibility index (Phi) is 3.27. The maximum atomic E-state index is 7.47. The summed E-state index contributed by atoms with van der Waals surface area (Å²) in [7, 11) is 0. The molecule has 0 aliphatic heterocycles. The highest BCUT2D eigenvalue weighted by Gasteiger charge is 2.07. The van der Waals surface area contributed by atoms with Crippen LogP contribution in [0.5, 0.6) is 0 Å². The van der Waals surface area contributed by atoms with Crippen LogP contribution in [0.4, 0.5) is 0 Å². The van der Waals surface area contributed by atoms with Gasteiger partial charge in [-0.05, 0) is 32.1 Å². The summed E-state index contributed by atoms with van der Waals surface area (Å²) >= 11 is 0. The van der Waals surface area contributed by atoms with Gasteiger partial charge in [0.15, 0.2) is 0 Å². The van der Waals surface area contributed by atoms with Crippen molar-refractivity contribution in [3.8, 4) is 0 Å². The van der Waals surface area contributed by atoms with Crippen LogP contribution in [-0.4, -0.2) is 5.71 Å². The highest BCUT2D eigenvalue weighted by atomic mass is 14.4. The molecule has 66 valence electrons. The van der Waals surface area contributed by atoms with Gasteiger partial charge >= 0.3 is 0 Å². The quantitative estimate of drug-likeness (QED) is 0.617. The predicted molar refractivity (Wildman–Crippen MR) is 53.6 cm³/mol. The number of hydrogen-bond donors (Lipinski definition) is 1. The van der Waals surface area contributed by atoms with E-state index < -0.39 is 0 Å². The Morgan fingerprint density at radius 3 is 2.92 bits per heavy atom. The van der Waals surface area contributed by atoms with Crippen molar-refractivity contribution in [3.05, 3.63) is 23.8 Å². The van der Waals surface area contributed by atoms with Gasteiger partial charge in [0, 0.05) is 5.71 Å². The van der Waals surface area contributed by atoms with E-state index in [1.165, 1.54) is 18.4 Å². The topological polar surface area (TPSA) is 23.9 Å². The number of nitrogens with one attached hydrogen (secondary N) is 1. The first kappa shape index (κ1) is 9.24. The van der Waals surface area contributed by atoms with Gasteiger partial charge in [-0.2, -0.15) is 0 Å². The number of rotatable bonds is 3. The van der Waals surface area contributed by atoms with E-state index >= 15 is 0 Å². The molecule has 1 N–H and O–H groups in total. The normalized spacial score (nSPS) is 18.7. The molecule has 0 saturated carbocycles. The first-order valence-electron chi connectivity index (χ1n) is 4.59. The first-order valence-corrected chi connectivity index (χ1v) is 4.59. The molecular formula is C11H17N. The molecule has 1 atom stereocenters. The maximum Gasteiger partial charge on any atom is 0.00895 e. The van der Waals surface area contributed by atoms with E-state index in [2.05, 4.69) is 25.2 Å². The Morgan fingerprint density at radius 2 is 2.42 bits per heavy atom. The van der Waals surface area contributed by atoms with Gasteiger partial charge in [-0.1, -0.05) is 30.7 Å². The molecule has 1 aliphatic rings. The third-order valence-electron chi connectivity index (χ3n) is 2.41. The summed E-state index contributed by atoms with van der Waals surface area (Å²) in [6.07, 6.45) is 9.96. The minimum atomic E-state index is 0.419. The third kappa shape index (κ3) is 2.65. The van der Waals surface area contributed by atoms with Gasteiger partial charge in [0.2, 0.25) is 0 Å². The van der Waals surface area contributed by atoms with E-state index in [9.17, 15) is 0 Å². The molecule has 0 fully saturated rings. The van der Waals surface area contributed by atoms with Crippen LogP contribution in [-0.2, 0) is 0 Å². The molecule has 0 aromatic carbocycles. The van der Waals surface area contributed by atoms with E-state index in [0.717, 1.165) is 12.1 Å². The summed E-state index contributed by atoms with van der Waals surface area (Å²) in [6, 6.07) is 0. The summed E-state index contributed by atoms with van der Waals surface area (Å²) in [5.41, 5.74) is 2.29. The zero-order valence-corrected chi connectivity index (χ0v) is 7.93. The van der Waals surface area contributed by atoms with Gasteiger partial charge in [0.25, 0.3) is 0 Å². The second kappa shape index (κ2) is 4.24. The van der Waals surface area contributed by atoms with Gasteiger partial charge < -0.3 is 5.41 Å². The fourth-order valence-corrected chi connectivity index (χ4v) is 1.37. The van der Waals surface area contributed by atoms with Gasteiger partial charge in [-0.3, -0.25) is 0 Å². The van der Waals surface area contributed by atoms with Gasteiger partial charge in [-0.25, -0.2) is 0 Å². The average molecular weight is 163 g/mol. The molecule has 1 aliphatic carbocycles. The Labute approximate surface area is 74.7 Å². The summed E-state index contributed by atoms with van der Waals surface area (Å²) < 4.78 is 0. The molecule has 1 nitrogen and oxygen atoms in total. The standard InChI is InChI=1S/C11H17N/c1-9(10(2)12)8-11-6-4-3-5-7-11/h3-4,6,9,12H,5,7-8H2,1-2H3/t9-/m0/s1. The van der Waals surface area contributed by atoms with Crippen molar-refractivity contribution in [1.82, 2.24) is 0 Å². The Bertz CT molecular complexity index is 223. The second-order valence-corrected chi connectivity index (χ2v) is 3.58. The Morgan fingerprint density at radius 1 is 1.67 bits per heavy atom. The molecule has 0 unspecified atom stereocenters. The molecule has 0 amide bonds. The first-order chi connectivity index (χ1) is 5.70. The lowest BCUT2D eigenvalue weighted by atomic mass is 9.92. The summed E-state index contributed by atoms with van der Waals surface area (Å²) in [5, 5.41) is 7.47. The second-order valence-electron chi connectivity index (χ2n) is 3.58. The molecule has 0 aromatic heterocycles. The van der Waals surface area contributed by atoms with Gasteiger partial charge in [0.1, 0.15) is 0 Å². The van der Waals surface area contributed by atoms with Crippen molar-refractivity contribution in [2.45, 2.75) is 33.1 Å². The predicted octanol–water partition coefficient (Wildman–Crippen LogP) is 3.33. The smallest absolute Gasteiger partial charge is 0.00895 e. The minimum Gasteiger partial charge on any atom is -0.310 e. The van der Waals surface area contributed by atoms with Crippen molar-refractivity contribution in [1.29, 1.82) is 5.41 Å². The highest BCUT2D eigenvalue weighted by molar-refractivity contribution is 5.81. The molecule has 0 saturated heterocycles. The number of allylic oxidation sites excluding steroid dienone is 4.